The summed E-state index contributed by atoms with van der Waals surface area (Å²) in [5.41, 5.74) is 5.61. The van der Waals surface area contributed by atoms with E-state index in [9.17, 15) is 4.79 Å². The highest BCUT2D eigenvalue weighted by atomic mass is 16.2. The first-order chi connectivity index (χ1) is 8.68. The van der Waals surface area contributed by atoms with E-state index in [2.05, 4.69) is 19.2 Å². The van der Waals surface area contributed by atoms with Crippen molar-refractivity contribution in [2.75, 3.05) is 6.54 Å². The molecule has 3 nitrogen and oxygen atoms in total. The van der Waals surface area contributed by atoms with Crippen molar-refractivity contribution in [1.82, 2.24) is 5.32 Å². The summed E-state index contributed by atoms with van der Waals surface area (Å²) in [7, 11) is 0. The van der Waals surface area contributed by atoms with Crippen molar-refractivity contribution >= 4 is 5.91 Å². The fourth-order valence-electron chi connectivity index (χ4n) is 3.19. The van der Waals surface area contributed by atoms with Gasteiger partial charge in [0.2, 0.25) is 5.91 Å². The van der Waals surface area contributed by atoms with E-state index in [1.54, 1.807) is 0 Å². The van der Waals surface area contributed by atoms with Gasteiger partial charge in [0.25, 0.3) is 0 Å². The number of amides is 1. The molecule has 1 amide bonds. The van der Waals surface area contributed by atoms with Gasteiger partial charge in [0.15, 0.2) is 0 Å². The Morgan fingerprint density at radius 3 is 2.17 bits per heavy atom. The van der Waals surface area contributed by atoms with Crippen molar-refractivity contribution < 1.29 is 4.79 Å². The molecule has 1 rings (SSSR count). The first-order valence-corrected chi connectivity index (χ1v) is 7.69. The minimum atomic E-state index is -0.319. The number of hydrogen-bond donors (Lipinski definition) is 2. The van der Waals surface area contributed by atoms with E-state index in [1.807, 2.05) is 0 Å². The van der Waals surface area contributed by atoms with Gasteiger partial charge in [-0.25, -0.2) is 0 Å². The summed E-state index contributed by atoms with van der Waals surface area (Å²) in [6, 6.07) is 0.394. The summed E-state index contributed by atoms with van der Waals surface area (Å²) in [5, 5.41) is 3.26. The number of nitrogens with two attached hydrogens (primary N) is 1. The van der Waals surface area contributed by atoms with Gasteiger partial charge in [0.05, 0.1) is 5.41 Å². The Morgan fingerprint density at radius 1 is 1.17 bits per heavy atom. The van der Waals surface area contributed by atoms with E-state index in [0.29, 0.717) is 12.6 Å². The van der Waals surface area contributed by atoms with E-state index in [1.165, 1.54) is 19.3 Å². The second kappa shape index (κ2) is 7.78. The Balaban J connectivity index is 2.62. The van der Waals surface area contributed by atoms with Crippen LogP contribution in [0.2, 0.25) is 0 Å². The molecule has 0 aliphatic heterocycles. The van der Waals surface area contributed by atoms with Gasteiger partial charge in [-0.1, -0.05) is 46.0 Å². The van der Waals surface area contributed by atoms with Gasteiger partial charge in [-0.05, 0) is 25.7 Å². The second-order valence-electron chi connectivity index (χ2n) is 5.79. The molecule has 0 bridgehead atoms. The van der Waals surface area contributed by atoms with Crippen LogP contribution in [0.15, 0.2) is 0 Å². The van der Waals surface area contributed by atoms with Gasteiger partial charge in [0.1, 0.15) is 0 Å². The molecule has 0 aromatic rings. The Labute approximate surface area is 112 Å². The summed E-state index contributed by atoms with van der Waals surface area (Å²) < 4.78 is 0. The lowest BCUT2D eigenvalue weighted by atomic mass is 9.78. The molecule has 1 aliphatic carbocycles. The molecule has 0 aromatic heterocycles. The predicted octanol–water partition coefficient (Wildman–Crippen LogP) is 2.98. The van der Waals surface area contributed by atoms with Gasteiger partial charge >= 0.3 is 0 Å². The lowest BCUT2D eigenvalue weighted by Gasteiger charge is -2.33. The number of nitrogens with one attached hydrogen (secondary N) is 1. The standard InChI is InChI=1S/C15H30N2O/c1-3-10-15(12-16,11-4-2)14(18)17-13-8-6-5-7-9-13/h13H,3-12,16H2,1-2H3,(H,17,18). The fourth-order valence-corrected chi connectivity index (χ4v) is 3.19. The van der Waals surface area contributed by atoms with Crippen LogP contribution in [0.3, 0.4) is 0 Å². The van der Waals surface area contributed by atoms with Crippen LogP contribution in [0.1, 0.15) is 71.6 Å². The molecule has 3 heteroatoms. The first-order valence-electron chi connectivity index (χ1n) is 7.69. The maximum atomic E-state index is 12.6. The largest absolute Gasteiger partial charge is 0.353 e. The summed E-state index contributed by atoms with van der Waals surface area (Å²) in [4.78, 5) is 12.6. The van der Waals surface area contributed by atoms with Gasteiger partial charge in [-0.2, -0.15) is 0 Å². The van der Waals surface area contributed by atoms with Crippen LogP contribution in [0.4, 0.5) is 0 Å². The van der Waals surface area contributed by atoms with Crippen molar-refractivity contribution in [3.05, 3.63) is 0 Å². The van der Waals surface area contributed by atoms with E-state index in [4.69, 9.17) is 5.73 Å². The average molecular weight is 254 g/mol. The van der Waals surface area contributed by atoms with Crippen LogP contribution in [0.25, 0.3) is 0 Å². The van der Waals surface area contributed by atoms with Crippen LogP contribution in [-0.2, 0) is 4.79 Å². The molecule has 0 radical (unpaired) electrons. The smallest absolute Gasteiger partial charge is 0.227 e. The third-order valence-corrected chi connectivity index (χ3v) is 4.27. The predicted molar refractivity (Wildman–Crippen MR) is 76.3 cm³/mol. The highest BCUT2D eigenvalue weighted by molar-refractivity contribution is 5.83. The van der Waals surface area contributed by atoms with Gasteiger partial charge in [-0.3, -0.25) is 4.79 Å². The minimum Gasteiger partial charge on any atom is -0.353 e. The van der Waals surface area contributed by atoms with Gasteiger partial charge in [0, 0.05) is 12.6 Å². The Kier molecular flexibility index (Phi) is 6.69. The molecule has 0 saturated heterocycles. The maximum absolute atomic E-state index is 12.6. The molecule has 1 aliphatic rings. The van der Waals surface area contributed by atoms with E-state index in [0.717, 1.165) is 38.5 Å². The van der Waals surface area contributed by atoms with Crippen LogP contribution in [-0.4, -0.2) is 18.5 Å². The van der Waals surface area contributed by atoms with E-state index < -0.39 is 0 Å². The molecule has 0 spiro atoms. The Bertz CT molecular complexity index is 241. The van der Waals surface area contributed by atoms with Crippen LogP contribution in [0.5, 0.6) is 0 Å². The number of rotatable bonds is 7. The highest BCUT2D eigenvalue weighted by Gasteiger charge is 2.36. The van der Waals surface area contributed by atoms with Gasteiger partial charge in [-0.15, -0.1) is 0 Å². The number of carbonyl (C=O) groups excluding carboxylic acids is 1. The molecule has 106 valence electrons. The van der Waals surface area contributed by atoms with Crippen LogP contribution < -0.4 is 11.1 Å². The average Bonchev–Trinajstić information content (AvgIpc) is 2.39. The molecule has 3 N–H and O–H groups in total. The van der Waals surface area contributed by atoms with Crippen molar-refractivity contribution in [2.45, 2.75) is 77.7 Å². The molecule has 1 fully saturated rings. The molecule has 0 atom stereocenters. The highest BCUT2D eigenvalue weighted by Crippen LogP contribution is 2.30. The topological polar surface area (TPSA) is 55.1 Å². The van der Waals surface area contributed by atoms with Crippen molar-refractivity contribution in [2.24, 2.45) is 11.1 Å². The normalized spacial score (nSPS) is 17.7. The Hall–Kier alpha value is -0.570. The van der Waals surface area contributed by atoms with Crippen molar-refractivity contribution in [3.63, 3.8) is 0 Å². The van der Waals surface area contributed by atoms with Crippen LogP contribution in [0, 0.1) is 5.41 Å². The summed E-state index contributed by atoms with van der Waals surface area (Å²) in [5.74, 6) is 0.209. The molecular formula is C15H30N2O. The molecule has 1 saturated carbocycles. The summed E-state index contributed by atoms with van der Waals surface area (Å²) in [6.07, 6.45) is 9.98. The lowest BCUT2D eigenvalue weighted by molar-refractivity contribution is -0.132. The van der Waals surface area contributed by atoms with Crippen LogP contribution >= 0.6 is 0 Å². The second-order valence-corrected chi connectivity index (χ2v) is 5.79. The zero-order chi connectivity index (χ0) is 13.4. The molecule has 18 heavy (non-hydrogen) atoms. The number of hydrogen-bond acceptors (Lipinski definition) is 2. The van der Waals surface area contributed by atoms with E-state index >= 15 is 0 Å². The first kappa shape index (κ1) is 15.5. The SMILES string of the molecule is CCCC(CN)(CCC)C(=O)NC1CCCCC1. The minimum absolute atomic E-state index is 0.209. The molecule has 0 unspecified atom stereocenters. The fraction of sp³-hybridized carbons (Fsp3) is 0.933. The zero-order valence-electron chi connectivity index (χ0n) is 12.1. The zero-order valence-corrected chi connectivity index (χ0v) is 12.1. The summed E-state index contributed by atoms with van der Waals surface area (Å²) in [6.45, 7) is 4.75. The third kappa shape index (κ3) is 3.98. The maximum Gasteiger partial charge on any atom is 0.227 e. The van der Waals surface area contributed by atoms with Crippen molar-refractivity contribution in [3.8, 4) is 0 Å². The summed E-state index contributed by atoms with van der Waals surface area (Å²) >= 11 is 0. The molecule has 0 aromatic carbocycles. The quantitative estimate of drug-likeness (QED) is 0.734. The lowest BCUT2D eigenvalue weighted by Crippen LogP contribution is -2.49. The van der Waals surface area contributed by atoms with E-state index in [-0.39, 0.29) is 11.3 Å². The molecular weight excluding hydrogens is 224 g/mol. The number of carbonyl (C=O) groups is 1. The van der Waals surface area contributed by atoms with Crippen molar-refractivity contribution in [1.29, 1.82) is 0 Å². The third-order valence-electron chi connectivity index (χ3n) is 4.27. The van der Waals surface area contributed by atoms with Gasteiger partial charge < -0.3 is 11.1 Å². The molecule has 0 heterocycles. The Morgan fingerprint density at radius 2 is 1.72 bits per heavy atom. The monoisotopic (exact) mass is 254 g/mol.